The van der Waals surface area contributed by atoms with Gasteiger partial charge in [0.2, 0.25) is 0 Å². The summed E-state index contributed by atoms with van der Waals surface area (Å²) in [6.07, 6.45) is 0. The molecule has 1 aliphatic heterocycles. The number of hydrogen-bond acceptors (Lipinski definition) is 2. The molecule has 86 valence electrons. The third kappa shape index (κ3) is 2.47. The molecule has 1 aliphatic rings. The van der Waals surface area contributed by atoms with Gasteiger partial charge in [0.15, 0.2) is 0 Å². The summed E-state index contributed by atoms with van der Waals surface area (Å²) < 4.78 is 1.82. The monoisotopic (exact) mass is 346 g/mol. The van der Waals surface area contributed by atoms with Crippen LogP contribution in [-0.4, -0.2) is 37.0 Å². The maximum Gasteiger partial charge on any atom is 0.254 e. The molecule has 0 atom stereocenters. The summed E-state index contributed by atoms with van der Waals surface area (Å²) in [6, 6.07) is 5.93. The van der Waals surface area contributed by atoms with Gasteiger partial charge in [-0.3, -0.25) is 4.79 Å². The van der Waals surface area contributed by atoms with E-state index in [9.17, 15) is 4.79 Å². The SMILES string of the molecule is CN(C(=O)c1cc(Br)cc(Br)c1)C1CNC1. The van der Waals surface area contributed by atoms with Crippen molar-refractivity contribution in [3.63, 3.8) is 0 Å². The van der Waals surface area contributed by atoms with Crippen LogP contribution in [0.1, 0.15) is 10.4 Å². The largest absolute Gasteiger partial charge is 0.336 e. The highest BCUT2D eigenvalue weighted by Gasteiger charge is 2.26. The quantitative estimate of drug-likeness (QED) is 0.890. The second-order valence-electron chi connectivity index (χ2n) is 3.89. The van der Waals surface area contributed by atoms with E-state index < -0.39 is 0 Å². The molecule has 0 spiro atoms. The molecule has 0 bridgehead atoms. The van der Waals surface area contributed by atoms with Crippen molar-refractivity contribution in [2.24, 2.45) is 0 Å². The average molecular weight is 348 g/mol. The highest BCUT2D eigenvalue weighted by atomic mass is 79.9. The summed E-state index contributed by atoms with van der Waals surface area (Å²) in [5.41, 5.74) is 0.704. The minimum atomic E-state index is 0.0634. The Hall–Kier alpha value is -0.390. The van der Waals surface area contributed by atoms with E-state index in [2.05, 4.69) is 37.2 Å². The maximum absolute atomic E-state index is 12.1. The number of halogens is 2. The lowest BCUT2D eigenvalue weighted by atomic mass is 10.1. The first kappa shape index (κ1) is 12.1. The summed E-state index contributed by atoms with van der Waals surface area (Å²) in [5, 5.41) is 3.16. The van der Waals surface area contributed by atoms with Crippen molar-refractivity contribution < 1.29 is 4.79 Å². The van der Waals surface area contributed by atoms with Crippen LogP contribution in [0.2, 0.25) is 0 Å². The van der Waals surface area contributed by atoms with Gasteiger partial charge in [-0.15, -0.1) is 0 Å². The molecular formula is C11H12Br2N2O. The van der Waals surface area contributed by atoms with Gasteiger partial charge in [0.05, 0.1) is 6.04 Å². The summed E-state index contributed by atoms with van der Waals surface area (Å²) in [6.45, 7) is 1.77. The molecule has 16 heavy (non-hydrogen) atoms. The maximum atomic E-state index is 12.1. The van der Waals surface area contributed by atoms with Gasteiger partial charge in [-0.05, 0) is 18.2 Å². The van der Waals surface area contributed by atoms with Gasteiger partial charge >= 0.3 is 0 Å². The van der Waals surface area contributed by atoms with Crippen molar-refractivity contribution >= 4 is 37.8 Å². The van der Waals surface area contributed by atoms with E-state index in [1.54, 1.807) is 4.90 Å². The molecule has 1 aromatic rings. The first-order valence-electron chi connectivity index (χ1n) is 5.02. The predicted octanol–water partition coefficient (Wildman–Crippen LogP) is 2.26. The molecule has 0 saturated carbocycles. The fourth-order valence-corrected chi connectivity index (χ4v) is 2.89. The number of amides is 1. The predicted molar refractivity (Wildman–Crippen MR) is 70.6 cm³/mol. The van der Waals surface area contributed by atoms with Crippen LogP contribution < -0.4 is 5.32 Å². The third-order valence-electron chi connectivity index (χ3n) is 2.74. The van der Waals surface area contributed by atoms with Gasteiger partial charge in [0.25, 0.3) is 5.91 Å². The minimum Gasteiger partial charge on any atom is -0.336 e. The number of carbonyl (C=O) groups is 1. The standard InChI is InChI=1S/C11H12Br2N2O/c1-15(10-5-14-6-10)11(16)7-2-8(12)4-9(13)3-7/h2-4,10,14H,5-6H2,1H3. The zero-order valence-corrected chi connectivity index (χ0v) is 12.0. The van der Waals surface area contributed by atoms with Gasteiger partial charge in [-0.25, -0.2) is 0 Å². The van der Waals surface area contributed by atoms with Crippen LogP contribution in [0, 0.1) is 0 Å². The smallest absolute Gasteiger partial charge is 0.254 e. The minimum absolute atomic E-state index is 0.0634. The van der Waals surface area contributed by atoms with E-state index in [1.165, 1.54) is 0 Å². The molecule has 0 unspecified atom stereocenters. The first-order valence-corrected chi connectivity index (χ1v) is 6.60. The highest BCUT2D eigenvalue weighted by Crippen LogP contribution is 2.21. The van der Waals surface area contributed by atoms with Crippen molar-refractivity contribution in [3.8, 4) is 0 Å². The molecule has 1 amide bonds. The summed E-state index contributed by atoms with van der Waals surface area (Å²) in [7, 11) is 1.85. The molecule has 2 rings (SSSR count). The average Bonchev–Trinajstić information content (AvgIpc) is 2.12. The van der Waals surface area contributed by atoms with E-state index in [0.29, 0.717) is 11.6 Å². The lowest BCUT2D eigenvalue weighted by Crippen LogP contribution is -2.57. The van der Waals surface area contributed by atoms with Crippen molar-refractivity contribution in [1.82, 2.24) is 10.2 Å². The van der Waals surface area contributed by atoms with Crippen LogP contribution in [-0.2, 0) is 0 Å². The number of benzene rings is 1. The molecule has 1 N–H and O–H groups in total. The van der Waals surface area contributed by atoms with E-state index in [-0.39, 0.29) is 5.91 Å². The fourth-order valence-electron chi connectivity index (χ4n) is 1.59. The van der Waals surface area contributed by atoms with Crippen LogP contribution in [0.25, 0.3) is 0 Å². The van der Waals surface area contributed by atoms with Gasteiger partial charge < -0.3 is 10.2 Å². The Morgan fingerprint density at radius 1 is 1.31 bits per heavy atom. The summed E-state index contributed by atoms with van der Waals surface area (Å²) in [5.74, 6) is 0.0634. The molecule has 0 radical (unpaired) electrons. The number of likely N-dealkylation sites (N-methyl/N-ethyl adjacent to an activating group) is 1. The van der Waals surface area contributed by atoms with Crippen molar-refractivity contribution in [2.45, 2.75) is 6.04 Å². The van der Waals surface area contributed by atoms with E-state index in [0.717, 1.165) is 22.0 Å². The Morgan fingerprint density at radius 3 is 2.31 bits per heavy atom. The van der Waals surface area contributed by atoms with Crippen molar-refractivity contribution in [3.05, 3.63) is 32.7 Å². The van der Waals surface area contributed by atoms with Crippen LogP contribution in [0.3, 0.4) is 0 Å². The van der Waals surface area contributed by atoms with Gasteiger partial charge in [0, 0.05) is 34.6 Å². The van der Waals surface area contributed by atoms with E-state index >= 15 is 0 Å². The second kappa shape index (κ2) is 4.85. The molecular weight excluding hydrogens is 336 g/mol. The van der Waals surface area contributed by atoms with Crippen molar-refractivity contribution in [2.75, 3.05) is 20.1 Å². The molecule has 0 aromatic heterocycles. The Labute approximate surface area is 111 Å². The zero-order valence-electron chi connectivity index (χ0n) is 8.84. The number of nitrogens with one attached hydrogen (secondary N) is 1. The van der Waals surface area contributed by atoms with Gasteiger partial charge in [-0.1, -0.05) is 31.9 Å². The molecule has 1 fully saturated rings. The highest BCUT2D eigenvalue weighted by molar-refractivity contribution is 9.11. The van der Waals surface area contributed by atoms with E-state index in [1.807, 2.05) is 25.2 Å². The topological polar surface area (TPSA) is 32.3 Å². The second-order valence-corrected chi connectivity index (χ2v) is 5.72. The Bertz CT molecular complexity index is 398. The zero-order chi connectivity index (χ0) is 11.7. The van der Waals surface area contributed by atoms with Crippen LogP contribution in [0.15, 0.2) is 27.1 Å². The lowest BCUT2D eigenvalue weighted by Gasteiger charge is -2.35. The lowest BCUT2D eigenvalue weighted by molar-refractivity contribution is 0.0681. The first-order chi connectivity index (χ1) is 7.58. The Balaban J connectivity index is 2.19. The normalized spacial score (nSPS) is 15.7. The third-order valence-corrected chi connectivity index (χ3v) is 3.65. The number of rotatable bonds is 2. The Kier molecular flexibility index (Phi) is 3.66. The molecule has 1 saturated heterocycles. The molecule has 1 heterocycles. The number of carbonyl (C=O) groups excluding carboxylic acids is 1. The summed E-state index contributed by atoms with van der Waals surface area (Å²) in [4.78, 5) is 13.9. The molecule has 0 aliphatic carbocycles. The van der Waals surface area contributed by atoms with Crippen LogP contribution in [0.4, 0.5) is 0 Å². The van der Waals surface area contributed by atoms with Gasteiger partial charge in [0.1, 0.15) is 0 Å². The summed E-state index contributed by atoms with van der Waals surface area (Å²) >= 11 is 6.77. The fraction of sp³-hybridized carbons (Fsp3) is 0.364. The molecule has 1 aromatic carbocycles. The Morgan fingerprint density at radius 2 is 1.88 bits per heavy atom. The van der Waals surface area contributed by atoms with Gasteiger partial charge in [-0.2, -0.15) is 0 Å². The number of hydrogen-bond donors (Lipinski definition) is 1. The molecule has 5 heteroatoms. The van der Waals surface area contributed by atoms with Crippen LogP contribution in [0.5, 0.6) is 0 Å². The number of nitrogens with zero attached hydrogens (tertiary/aromatic N) is 1. The molecule has 3 nitrogen and oxygen atoms in total. The van der Waals surface area contributed by atoms with Crippen LogP contribution >= 0.6 is 31.9 Å². The van der Waals surface area contributed by atoms with E-state index in [4.69, 9.17) is 0 Å². The van der Waals surface area contributed by atoms with Crippen molar-refractivity contribution in [1.29, 1.82) is 0 Å².